The highest BCUT2D eigenvalue weighted by molar-refractivity contribution is 7.98. The van der Waals surface area contributed by atoms with Gasteiger partial charge in [0, 0.05) is 12.6 Å². The van der Waals surface area contributed by atoms with Gasteiger partial charge in [-0.1, -0.05) is 18.0 Å². The third-order valence-corrected chi connectivity index (χ3v) is 3.42. The number of benzene rings is 1. The highest BCUT2D eigenvalue weighted by Crippen LogP contribution is 2.26. The lowest BCUT2D eigenvalue weighted by atomic mass is 10.2. The van der Waals surface area contributed by atoms with Gasteiger partial charge in [0.25, 0.3) is 0 Å². The van der Waals surface area contributed by atoms with E-state index in [9.17, 15) is 4.39 Å². The molecule has 0 aliphatic rings. The van der Waals surface area contributed by atoms with Gasteiger partial charge in [0.2, 0.25) is 0 Å². The molecule has 0 spiro atoms. The van der Waals surface area contributed by atoms with Crippen molar-refractivity contribution in [1.82, 2.24) is 0 Å². The van der Waals surface area contributed by atoms with E-state index in [1.54, 1.807) is 0 Å². The van der Waals surface area contributed by atoms with Gasteiger partial charge in [-0.2, -0.15) is 11.8 Å². The summed E-state index contributed by atoms with van der Waals surface area (Å²) in [6, 6.07) is 2.78. The summed E-state index contributed by atoms with van der Waals surface area (Å²) in [5.74, 6) is 0.753. The fourth-order valence-electron chi connectivity index (χ4n) is 1.49. The molecule has 0 aliphatic carbocycles. The number of nitrogen functional groups attached to an aromatic ring is 1. The first kappa shape index (κ1) is 14.5. The Morgan fingerprint density at radius 3 is 2.82 bits per heavy atom. The molecule has 1 aromatic carbocycles. The molecule has 0 radical (unpaired) electrons. The molecule has 0 aliphatic heterocycles. The summed E-state index contributed by atoms with van der Waals surface area (Å²) < 4.78 is 13.2. The molecule has 0 saturated heterocycles. The van der Waals surface area contributed by atoms with Crippen LogP contribution in [0.25, 0.3) is 0 Å². The van der Waals surface area contributed by atoms with E-state index in [1.165, 1.54) is 30.7 Å². The average molecular weight is 277 g/mol. The summed E-state index contributed by atoms with van der Waals surface area (Å²) in [6.45, 7) is 0.805. The number of rotatable bonds is 7. The van der Waals surface area contributed by atoms with Crippen LogP contribution in [0.1, 0.15) is 19.3 Å². The Bertz CT molecular complexity index is 361. The summed E-state index contributed by atoms with van der Waals surface area (Å²) >= 11 is 7.48. The monoisotopic (exact) mass is 276 g/mol. The van der Waals surface area contributed by atoms with Gasteiger partial charge in [0.15, 0.2) is 0 Å². The fraction of sp³-hybridized carbons (Fsp3) is 0.500. The van der Waals surface area contributed by atoms with Crippen molar-refractivity contribution >= 4 is 34.7 Å². The molecule has 0 saturated carbocycles. The van der Waals surface area contributed by atoms with E-state index in [4.69, 9.17) is 17.3 Å². The third kappa shape index (κ3) is 5.04. The molecule has 0 amide bonds. The highest BCUT2D eigenvalue weighted by atomic mass is 35.5. The van der Waals surface area contributed by atoms with Crippen molar-refractivity contribution in [2.75, 3.05) is 29.6 Å². The molecule has 0 unspecified atom stereocenters. The summed E-state index contributed by atoms with van der Waals surface area (Å²) in [7, 11) is 0. The zero-order valence-corrected chi connectivity index (χ0v) is 11.5. The molecular formula is C12H18ClFN2S. The second-order valence-electron chi connectivity index (χ2n) is 3.83. The molecule has 1 aromatic rings. The van der Waals surface area contributed by atoms with Crippen molar-refractivity contribution in [1.29, 1.82) is 0 Å². The molecule has 0 atom stereocenters. The Balaban J connectivity index is 2.34. The minimum Gasteiger partial charge on any atom is -0.397 e. The predicted octanol–water partition coefficient (Wildman–Crippen LogP) is 4.01. The molecule has 3 N–H and O–H groups in total. The van der Waals surface area contributed by atoms with E-state index >= 15 is 0 Å². The fourth-order valence-corrected chi connectivity index (χ4v) is 2.15. The van der Waals surface area contributed by atoms with Crippen molar-refractivity contribution in [3.05, 3.63) is 23.0 Å². The maximum atomic E-state index is 13.2. The lowest BCUT2D eigenvalue weighted by Crippen LogP contribution is -2.05. The molecule has 96 valence electrons. The van der Waals surface area contributed by atoms with Crippen LogP contribution in [0, 0.1) is 5.82 Å². The summed E-state index contributed by atoms with van der Waals surface area (Å²) in [5.41, 5.74) is 6.84. The topological polar surface area (TPSA) is 38.0 Å². The van der Waals surface area contributed by atoms with Crippen molar-refractivity contribution in [3.8, 4) is 0 Å². The van der Waals surface area contributed by atoms with Crippen LogP contribution >= 0.6 is 23.4 Å². The second kappa shape index (κ2) is 7.67. The summed E-state index contributed by atoms with van der Waals surface area (Å²) in [5, 5.41) is 3.19. The molecule has 0 bridgehead atoms. The van der Waals surface area contributed by atoms with E-state index in [1.807, 2.05) is 11.8 Å². The number of thioether (sulfide) groups is 1. The molecule has 0 fully saturated rings. The largest absolute Gasteiger partial charge is 0.397 e. The van der Waals surface area contributed by atoms with Gasteiger partial charge in [0.05, 0.1) is 16.4 Å². The van der Waals surface area contributed by atoms with Crippen LogP contribution in [0.5, 0.6) is 0 Å². The molecule has 17 heavy (non-hydrogen) atoms. The summed E-state index contributed by atoms with van der Waals surface area (Å²) in [4.78, 5) is 0. The quantitative estimate of drug-likeness (QED) is 0.584. The highest BCUT2D eigenvalue weighted by Gasteiger charge is 2.05. The molecule has 0 aromatic heterocycles. The minimum absolute atomic E-state index is 0.0630. The zero-order chi connectivity index (χ0) is 12.7. The maximum absolute atomic E-state index is 13.2. The maximum Gasteiger partial charge on any atom is 0.143 e. The van der Waals surface area contributed by atoms with Gasteiger partial charge in [-0.25, -0.2) is 4.39 Å². The Labute approximate surface area is 111 Å². The Kier molecular flexibility index (Phi) is 6.52. The van der Waals surface area contributed by atoms with Crippen LogP contribution in [0.15, 0.2) is 12.1 Å². The Morgan fingerprint density at radius 2 is 2.12 bits per heavy atom. The van der Waals surface area contributed by atoms with E-state index in [0.717, 1.165) is 13.0 Å². The Hall–Kier alpha value is -0.610. The van der Waals surface area contributed by atoms with Crippen molar-refractivity contribution < 1.29 is 4.39 Å². The average Bonchev–Trinajstić information content (AvgIpc) is 2.30. The van der Waals surface area contributed by atoms with Crippen molar-refractivity contribution in [2.24, 2.45) is 0 Å². The molecule has 2 nitrogen and oxygen atoms in total. The van der Waals surface area contributed by atoms with E-state index < -0.39 is 5.82 Å². The van der Waals surface area contributed by atoms with Crippen molar-refractivity contribution in [2.45, 2.75) is 19.3 Å². The molecule has 0 heterocycles. The predicted molar refractivity (Wildman–Crippen MR) is 76.5 cm³/mol. The molecule has 1 rings (SSSR count). The van der Waals surface area contributed by atoms with Crippen molar-refractivity contribution in [3.63, 3.8) is 0 Å². The van der Waals surface area contributed by atoms with Gasteiger partial charge in [-0.15, -0.1) is 0 Å². The molecular weight excluding hydrogens is 259 g/mol. The Morgan fingerprint density at radius 1 is 1.35 bits per heavy atom. The number of nitrogens with two attached hydrogens (primary N) is 1. The zero-order valence-electron chi connectivity index (χ0n) is 9.93. The number of hydrogen-bond donors (Lipinski definition) is 2. The van der Waals surface area contributed by atoms with Gasteiger partial charge < -0.3 is 11.1 Å². The van der Waals surface area contributed by atoms with Crippen LogP contribution in [-0.4, -0.2) is 18.6 Å². The number of nitrogens with one attached hydrogen (secondary N) is 1. The number of hydrogen-bond acceptors (Lipinski definition) is 3. The first-order valence-corrected chi connectivity index (χ1v) is 7.39. The van der Waals surface area contributed by atoms with E-state index in [-0.39, 0.29) is 5.02 Å². The number of unbranched alkanes of at least 4 members (excludes halogenated alkanes) is 2. The van der Waals surface area contributed by atoms with Crippen LogP contribution in [0.3, 0.4) is 0 Å². The standard InChI is InChI=1S/C12H18ClFN2S/c1-17-6-4-2-3-5-16-12-8-10(14)9(13)7-11(12)15/h7-8,16H,2-6,15H2,1H3. The minimum atomic E-state index is -0.439. The molecule has 5 heteroatoms. The van der Waals surface area contributed by atoms with Gasteiger partial charge in [-0.3, -0.25) is 0 Å². The lowest BCUT2D eigenvalue weighted by molar-refractivity contribution is 0.628. The normalized spacial score (nSPS) is 10.5. The van der Waals surface area contributed by atoms with Gasteiger partial charge in [-0.05, 0) is 30.9 Å². The summed E-state index contributed by atoms with van der Waals surface area (Å²) in [6.07, 6.45) is 5.55. The SMILES string of the molecule is CSCCCCCNc1cc(F)c(Cl)cc1N. The number of halogens is 2. The van der Waals surface area contributed by atoms with Gasteiger partial charge in [0.1, 0.15) is 5.82 Å². The van der Waals surface area contributed by atoms with E-state index in [0.29, 0.717) is 11.4 Å². The third-order valence-electron chi connectivity index (χ3n) is 2.43. The number of anilines is 2. The van der Waals surface area contributed by atoms with Crippen LogP contribution in [0.4, 0.5) is 15.8 Å². The smallest absolute Gasteiger partial charge is 0.143 e. The van der Waals surface area contributed by atoms with Crippen LogP contribution < -0.4 is 11.1 Å². The first-order valence-electron chi connectivity index (χ1n) is 5.62. The van der Waals surface area contributed by atoms with Crippen LogP contribution in [-0.2, 0) is 0 Å². The second-order valence-corrected chi connectivity index (χ2v) is 5.23. The van der Waals surface area contributed by atoms with Crippen LogP contribution in [0.2, 0.25) is 5.02 Å². The lowest BCUT2D eigenvalue weighted by Gasteiger charge is -2.10. The van der Waals surface area contributed by atoms with E-state index in [2.05, 4.69) is 11.6 Å². The first-order chi connectivity index (χ1) is 8.15. The van der Waals surface area contributed by atoms with Gasteiger partial charge >= 0.3 is 0 Å².